The number of amides is 1. The topological polar surface area (TPSA) is 32.3 Å². The third kappa shape index (κ3) is 3.13. The Labute approximate surface area is 147 Å². The first kappa shape index (κ1) is 16.1. The lowest BCUT2D eigenvalue weighted by Gasteiger charge is -2.35. The molecule has 1 aliphatic carbocycles. The zero-order valence-electron chi connectivity index (χ0n) is 14.2. The van der Waals surface area contributed by atoms with E-state index in [1.54, 1.807) is 12.1 Å². The monoisotopic (exact) mass is 338 g/mol. The summed E-state index contributed by atoms with van der Waals surface area (Å²) in [5, 5.41) is 3.20. The van der Waals surface area contributed by atoms with Crippen molar-refractivity contribution in [3.8, 4) is 0 Å². The summed E-state index contributed by atoms with van der Waals surface area (Å²) in [4.78, 5) is 15.2. The quantitative estimate of drug-likeness (QED) is 0.923. The van der Waals surface area contributed by atoms with Gasteiger partial charge in [0.15, 0.2) is 0 Å². The van der Waals surface area contributed by atoms with Crippen molar-refractivity contribution in [3.05, 3.63) is 66.0 Å². The number of anilines is 1. The summed E-state index contributed by atoms with van der Waals surface area (Å²) >= 11 is 0. The smallest absolute Gasteiger partial charge is 0.231 e. The Morgan fingerprint density at radius 3 is 2.52 bits per heavy atom. The number of para-hydroxylation sites is 1. The summed E-state index contributed by atoms with van der Waals surface area (Å²) in [7, 11) is 0. The number of hydrogen-bond donors (Lipinski definition) is 1. The standard InChI is InChI=1S/C21H23FN2O/c22-19-11-5-4-10-18(19)21(12-13-21)20(25)23-16-7-6-14-24(15-16)17-8-2-1-3-9-17/h1-5,8-11,16H,6-7,12-15H2,(H,23,25)/t16-/m0/s1. The second-order valence-electron chi connectivity index (χ2n) is 7.16. The predicted molar refractivity (Wildman–Crippen MR) is 97.1 cm³/mol. The Morgan fingerprint density at radius 1 is 1.08 bits per heavy atom. The van der Waals surface area contributed by atoms with Gasteiger partial charge in [-0.2, -0.15) is 0 Å². The second-order valence-corrected chi connectivity index (χ2v) is 7.16. The van der Waals surface area contributed by atoms with Crippen LogP contribution < -0.4 is 10.2 Å². The Bertz CT molecular complexity index is 758. The number of carbonyl (C=O) groups is 1. The minimum Gasteiger partial charge on any atom is -0.369 e. The molecule has 4 heteroatoms. The number of hydrogen-bond acceptors (Lipinski definition) is 2. The van der Waals surface area contributed by atoms with Crippen molar-refractivity contribution in [2.45, 2.75) is 37.1 Å². The fourth-order valence-corrected chi connectivity index (χ4v) is 3.88. The Morgan fingerprint density at radius 2 is 1.80 bits per heavy atom. The Hall–Kier alpha value is -2.36. The molecule has 3 nitrogen and oxygen atoms in total. The van der Waals surface area contributed by atoms with Gasteiger partial charge in [-0.1, -0.05) is 36.4 Å². The molecule has 1 heterocycles. The van der Waals surface area contributed by atoms with Gasteiger partial charge in [0, 0.05) is 30.4 Å². The van der Waals surface area contributed by atoms with Crippen molar-refractivity contribution < 1.29 is 9.18 Å². The van der Waals surface area contributed by atoms with Gasteiger partial charge in [-0.05, 0) is 43.9 Å². The normalized spacial score (nSPS) is 21.6. The van der Waals surface area contributed by atoms with Crippen molar-refractivity contribution in [2.75, 3.05) is 18.0 Å². The SMILES string of the molecule is O=C(N[C@H]1CCCN(c2ccccc2)C1)C1(c2ccccc2F)CC1. The zero-order chi connectivity index (χ0) is 17.3. The maximum Gasteiger partial charge on any atom is 0.231 e. The summed E-state index contributed by atoms with van der Waals surface area (Å²) in [5.74, 6) is -0.290. The van der Waals surface area contributed by atoms with E-state index in [0.717, 1.165) is 38.8 Å². The highest BCUT2D eigenvalue weighted by atomic mass is 19.1. The first-order chi connectivity index (χ1) is 12.2. The molecule has 0 unspecified atom stereocenters. The first-order valence-corrected chi connectivity index (χ1v) is 9.05. The average Bonchev–Trinajstić information content (AvgIpc) is 3.45. The highest BCUT2D eigenvalue weighted by Crippen LogP contribution is 2.49. The maximum absolute atomic E-state index is 14.2. The van der Waals surface area contributed by atoms with Gasteiger partial charge in [-0.25, -0.2) is 4.39 Å². The van der Waals surface area contributed by atoms with Crippen LogP contribution in [-0.4, -0.2) is 25.0 Å². The van der Waals surface area contributed by atoms with Crippen LogP contribution in [0.5, 0.6) is 0 Å². The van der Waals surface area contributed by atoms with Crippen LogP contribution in [-0.2, 0) is 10.2 Å². The number of nitrogens with zero attached hydrogens (tertiary/aromatic N) is 1. The largest absolute Gasteiger partial charge is 0.369 e. The summed E-state index contributed by atoms with van der Waals surface area (Å²) in [6, 6.07) is 17.1. The van der Waals surface area contributed by atoms with Crippen molar-refractivity contribution in [1.82, 2.24) is 5.32 Å². The van der Waals surface area contributed by atoms with Gasteiger partial charge < -0.3 is 10.2 Å². The Balaban J connectivity index is 1.45. The van der Waals surface area contributed by atoms with Crippen molar-refractivity contribution in [2.24, 2.45) is 0 Å². The molecule has 4 rings (SSSR count). The number of nitrogens with one attached hydrogen (secondary N) is 1. The van der Waals surface area contributed by atoms with Crippen molar-refractivity contribution in [1.29, 1.82) is 0 Å². The highest BCUT2D eigenvalue weighted by molar-refractivity contribution is 5.91. The molecule has 1 saturated carbocycles. The molecule has 25 heavy (non-hydrogen) atoms. The molecule has 0 spiro atoms. The molecule has 2 aromatic rings. The van der Waals surface area contributed by atoms with Crippen LogP contribution in [0, 0.1) is 5.82 Å². The van der Waals surface area contributed by atoms with E-state index >= 15 is 0 Å². The molecule has 1 saturated heterocycles. The van der Waals surface area contributed by atoms with Crippen LogP contribution in [0.25, 0.3) is 0 Å². The molecule has 1 aliphatic heterocycles. The lowest BCUT2D eigenvalue weighted by atomic mass is 9.93. The zero-order valence-corrected chi connectivity index (χ0v) is 14.2. The van der Waals surface area contributed by atoms with Crippen LogP contribution in [0.3, 0.4) is 0 Å². The summed E-state index contributed by atoms with van der Waals surface area (Å²) in [5.41, 5.74) is 1.08. The molecule has 130 valence electrons. The lowest BCUT2D eigenvalue weighted by molar-refractivity contribution is -0.124. The molecular formula is C21H23FN2O. The van der Waals surface area contributed by atoms with E-state index in [1.165, 1.54) is 11.8 Å². The third-order valence-electron chi connectivity index (χ3n) is 5.45. The van der Waals surface area contributed by atoms with Crippen LogP contribution in [0.2, 0.25) is 0 Å². The fraction of sp³-hybridized carbons (Fsp3) is 0.381. The minimum absolute atomic E-state index is 0.0162. The van der Waals surface area contributed by atoms with Crippen LogP contribution >= 0.6 is 0 Å². The molecule has 0 aromatic heterocycles. The van der Waals surface area contributed by atoms with E-state index in [1.807, 2.05) is 24.3 Å². The fourth-order valence-electron chi connectivity index (χ4n) is 3.88. The van der Waals surface area contributed by atoms with E-state index < -0.39 is 5.41 Å². The van der Waals surface area contributed by atoms with E-state index in [0.29, 0.717) is 5.56 Å². The molecule has 1 amide bonds. The summed E-state index contributed by atoms with van der Waals surface area (Å²) in [6.45, 7) is 1.82. The third-order valence-corrected chi connectivity index (χ3v) is 5.45. The van der Waals surface area contributed by atoms with Gasteiger partial charge in [0.05, 0.1) is 5.41 Å². The van der Waals surface area contributed by atoms with E-state index in [4.69, 9.17) is 0 Å². The summed E-state index contributed by atoms with van der Waals surface area (Å²) in [6.07, 6.45) is 3.48. The number of carbonyl (C=O) groups excluding carboxylic acids is 1. The lowest BCUT2D eigenvalue weighted by Crippen LogP contribution is -2.50. The molecule has 0 radical (unpaired) electrons. The van der Waals surface area contributed by atoms with Gasteiger partial charge >= 0.3 is 0 Å². The number of halogens is 1. The molecule has 2 aromatic carbocycles. The van der Waals surface area contributed by atoms with Gasteiger partial charge in [0.1, 0.15) is 5.82 Å². The molecule has 2 aliphatic rings. The summed E-state index contributed by atoms with van der Waals surface area (Å²) < 4.78 is 14.2. The molecule has 1 atom stereocenters. The van der Waals surface area contributed by atoms with E-state index in [2.05, 4.69) is 22.3 Å². The molecule has 0 bridgehead atoms. The van der Waals surface area contributed by atoms with Gasteiger partial charge in [0.25, 0.3) is 0 Å². The van der Waals surface area contributed by atoms with Crippen LogP contribution in [0.1, 0.15) is 31.2 Å². The first-order valence-electron chi connectivity index (χ1n) is 9.05. The van der Waals surface area contributed by atoms with Gasteiger partial charge in [-0.3, -0.25) is 4.79 Å². The van der Waals surface area contributed by atoms with Crippen LogP contribution in [0.15, 0.2) is 54.6 Å². The highest BCUT2D eigenvalue weighted by Gasteiger charge is 2.53. The van der Waals surface area contributed by atoms with Crippen molar-refractivity contribution >= 4 is 11.6 Å². The van der Waals surface area contributed by atoms with Crippen molar-refractivity contribution in [3.63, 3.8) is 0 Å². The molecule has 2 fully saturated rings. The van der Waals surface area contributed by atoms with E-state index in [-0.39, 0.29) is 17.8 Å². The maximum atomic E-state index is 14.2. The number of benzene rings is 2. The minimum atomic E-state index is -0.652. The number of piperidine rings is 1. The van der Waals surface area contributed by atoms with Gasteiger partial charge in [0.2, 0.25) is 5.91 Å². The van der Waals surface area contributed by atoms with E-state index in [9.17, 15) is 9.18 Å². The molecule has 1 N–H and O–H groups in total. The number of rotatable bonds is 4. The predicted octanol–water partition coefficient (Wildman–Crippen LogP) is 3.64. The Kier molecular flexibility index (Phi) is 4.20. The average molecular weight is 338 g/mol. The second kappa shape index (κ2) is 6.51. The van der Waals surface area contributed by atoms with Gasteiger partial charge in [-0.15, -0.1) is 0 Å². The molecular weight excluding hydrogens is 315 g/mol. The van der Waals surface area contributed by atoms with Crippen LogP contribution in [0.4, 0.5) is 10.1 Å².